The molecule has 0 aromatic heterocycles. The highest BCUT2D eigenvalue weighted by Gasteiger charge is 2.14. The Hall–Kier alpha value is -2.86. The van der Waals surface area contributed by atoms with Gasteiger partial charge in [-0.25, -0.2) is 4.79 Å². The number of esters is 1. The van der Waals surface area contributed by atoms with E-state index in [0.29, 0.717) is 42.3 Å². The second-order valence-electron chi connectivity index (χ2n) is 6.13. The number of ether oxygens (including phenoxy) is 2. The molecule has 28 heavy (non-hydrogen) atoms. The normalized spacial score (nSPS) is 10.6. The quantitative estimate of drug-likeness (QED) is 0.631. The Morgan fingerprint density at radius 1 is 1.00 bits per heavy atom. The third-order valence-corrected chi connectivity index (χ3v) is 4.32. The number of anilines is 1. The molecular weight excluding hydrogens is 356 g/mol. The molecule has 2 aromatic rings. The van der Waals surface area contributed by atoms with Crippen LogP contribution in [0.1, 0.15) is 41.5 Å². The maximum Gasteiger partial charge on any atom is 0.338 e. The molecule has 1 amide bonds. The fourth-order valence-electron chi connectivity index (χ4n) is 2.75. The van der Waals surface area contributed by atoms with Crippen LogP contribution in [0.5, 0.6) is 5.75 Å². The van der Waals surface area contributed by atoms with Gasteiger partial charge in [0.25, 0.3) is 5.91 Å². The number of para-hydroxylation sites is 1. The van der Waals surface area contributed by atoms with Crippen molar-refractivity contribution in [2.45, 2.75) is 20.8 Å². The fourth-order valence-corrected chi connectivity index (χ4v) is 2.75. The maximum atomic E-state index is 12.6. The van der Waals surface area contributed by atoms with Crippen LogP contribution in [0, 0.1) is 0 Å². The number of hydrogen-bond donors (Lipinski definition) is 1. The summed E-state index contributed by atoms with van der Waals surface area (Å²) in [4.78, 5) is 27.0. The van der Waals surface area contributed by atoms with Crippen LogP contribution in [0.3, 0.4) is 0 Å². The van der Waals surface area contributed by atoms with Crippen molar-refractivity contribution >= 4 is 17.6 Å². The molecule has 0 saturated carbocycles. The van der Waals surface area contributed by atoms with Crippen LogP contribution in [0.4, 0.5) is 5.69 Å². The van der Waals surface area contributed by atoms with E-state index in [2.05, 4.69) is 24.1 Å². The zero-order valence-electron chi connectivity index (χ0n) is 16.7. The first kappa shape index (κ1) is 21.4. The number of hydrogen-bond acceptors (Lipinski definition) is 5. The summed E-state index contributed by atoms with van der Waals surface area (Å²) < 4.78 is 10.8. The summed E-state index contributed by atoms with van der Waals surface area (Å²) in [5.74, 6) is -0.177. The second-order valence-corrected chi connectivity index (χ2v) is 6.13. The topological polar surface area (TPSA) is 67.9 Å². The average Bonchev–Trinajstić information content (AvgIpc) is 2.72. The van der Waals surface area contributed by atoms with Crippen molar-refractivity contribution in [2.24, 2.45) is 0 Å². The Balaban J connectivity index is 2.01. The first-order valence-corrected chi connectivity index (χ1v) is 9.61. The van der Waals surface area contributed by atoms with E-state index in [-0.39, 0.29) is 5.91 Å². The van der Waals surface area contributed by atoms with Gasteiger partial charge in [0.1, 0.15) is 12.4 Å². The van der Waals surface area contributed by atoms with Crippen LogP contribution in [0.15, 0.2) is 48.5 Å². The van der Waals surface area contributed by atoms with Crippen LogP contribution < -0.4 is 10.1 Å². The maximum absolute atomic E-state index is 12.6. The first-order chi connectivity index (χ1) is 13.6. The van der Waals surface area contributed by atoms with Gasteiger partial charge in [0.15, 0.2) is 0 Å². The summed E-state index contributed by atoms with van der Waals surface area (Å²) in [5.41, 5.74) is 1.36. The lowest BCUT2D eigenvalue weighted by atomic mass is 10.1. The van der Waals surface area contributed by atoms with Gasteiger partial charge in [0.05, 0.1) is 17.7 Å². The summed E-state index contributed by atoms with van der Waals surface area (Å²) in [6, 6.07) is 13.8. The fraction of sp³-hybridized carbons (Fsp3) is 0.364. The predicted molar refractivity (Wildman–Crippen MR) is 110 cm³/mol. The second kappa shape index (κ2) is 11.1. The smallest absolute Gasteiger partial charge is 0.338 e. The van der Waals surface area contributed by atoms with Gasteiger partial charge in [-0.05, 0) is 50.3 Å². The van der Waals surface area contributed by atoms with Gasteiger partial charge < -0.3 is 19.7 Å². The van der Waals surface area contributed by atoms with E-state index in [1.165, 1.54) is 0 Å². The van der Waals surface area contributed by atoms with Crippen LogP contribution in [0.25, 0.3) is 0 Å². The molecule has 0 unspecified atom stereocenters. The highest BCUT2D eigenvalue weighted by molar-refractivity contribution is 6.06. The largest absolute Gasteiger partial charge is 0.493 e. The predicted octanol–water partition coefficient (Wildman–Crippen LogP) is 3.84. The van der Waals surface area contributed by atoms with Crippen LogP contribution >= 0.6 is 0 Å². The molecule has 0 bridgehead atoms. The lowest BCUT2D eigenvalue weighted by Gasteiger charge is -2.17. The van der Waals surface area contributed by atoms with E-state index < -0.39 is 5.97 Å². The van der Waals surface area contributed by atoms with Gasteiger partial charge in [-0.3, -0.25) is 4.79 Å². The zero-order valence-corrected chi connectivity index (χ0v) is 16.7. The SMILES string of the molecule is CCOc1ccccc1C(=O)Nc1cccc(C(=O)OCCN(CC)CC)c1. The highest BCUT2D eigenvalue weighted by Crippen LogP contribution is 2.20. The molecule has 0 radical (unpaired) electrons. The number of carbonyl (C=O) groups is 2. The summed E-state index contributed by atoms with van der Waals surface area (Å²) >= 11 is 0. The summed E-state index contributed by atoms with van der Waals surface area (Å²) in [5, 5.41) is 2.81. The molecular formula is C22H28N2O4. The van der Waals surface area contributed by atoms with Gasteiger partial charge in [0.2, 0.25) is 0 Å². The molecule has 2 aromatic carbocycles. The van der Waals surface area contributed by atoms with Gasteiger partial charge in [0, 0.05) is 12.2 Å². The molecule has 6 heteroatoms. The molecule has 0 aliphatic carbocycles. The van der Waals surface area contributed by atoms with Crippen molar-refractivity contribution in [3.63, 3.8) is 0 Å². The van der Waals surface area contributed by atoms with E-state index in [9.17, 15) is 9.59 Å². The van der Waals surface area contributed by atoms with Crippen molar-refractivity contribution in [3.8, 4) is 5.75 Å². The Bertz CT molecular complexity index is 788. The van der Waals surface area contributed by atoms with E-state index in [4.69, 9.17) is 9.47 Å². The lowest BCUT2D eigenvalue weighted by Crippen LogP contribution is -2.27. The van der Waals surface area contributed by atoms with Gasteiger partial charge in [-0.2, -0.15) is 0 Å². The zero-order chi connectivity index (χ0) is 20.4. The Labute approximate surface area is 166 Å². The molecule has 0 saturated heterocycles. The standard InChI is InChI=1S/C22H28N2O4/c1-4-24(5-2)14-15-28-22(26)17-10-9-11-18(16-17)23-21(25)19-12-7-8-13-20(19)27-6-3/h7-13,16H,4-6,14-15H2,1-3H3,(H,23,25). The van der Waals surface area contributed by atoms with Gasteiger partial charge >= 0.3 is 5.97 Å². The molecule has 0 spiro atoms. The number of amides is 1. The molecule has 0 aliphatic rings. The number of benzene rings is 2. The molecule has 150 valence electrons. The summed E-state index contributed by atoms with van der Waals surface area (Å²) in [6.07, 6.45) is 0. The van der Waals surface area contributed by atoms with Crippen LogP contribution in [0.2, 0.25) is 0 Å². The minimum Gasteiger partial charge on any atom is -0.493 e. The molecule has 1 N–H and O–H groups in total. The monoisotopic (exact) mass is 384 g/mol. The van der Waals surface area contributed by atoms with E-state index in [1.54, 1.807) is 42.5 Å². The van der Waals surface area contributed by atoms with Gasteiger partial charge in [-0.15, -0.1) is 0 Å². The number of nitrogens with zero attached hydrogens (tertiary/aromatic N) is 1. The van der Waals surface area contributed by atoms with Crippen LogP contribution in [-0.2, 0) is 4.74 Å². The minimum atomic E-state index is -0.405. The molecule has 0 fully saturated rings. The molecule has 2 rings (SSSR count). The number of rotatable bonds is 10. The molecule has 6 nitrogen and oxygen atoms in total. The average molecular weight is 384 g/mol. The Morgan fingerprint density at radius 3 is 2.46 bits per heavy atom. The number of carbonyl (C=O) groups excluding carboxylic acids is 2. The lowest BCUT2D eigenvalue weighted by molar-refractivity contribution is 0.0466. The Morgan fingerprint density at radius 2 is 1.75 bits per heavy atom. The van der Waals surface area contributed by atoms with Crippen molar-refractivity contribution in [2.75, 3.05) is 38.2 Å². The third-order valence-electron chi connectivity index (χ3n) is 4.32. The molecule has 0 atom stereocenters. The van der Waals surface area contributed by atoms with E-state index in [0.717, 1.165) is 13.1 Å². The van der Waals surface area contributed by atoms with Crippen molar-refractivity contribution in [1.29, 1.82) is 0 Å². The Kier molecular flexibility index (Phi) is 8.49. The summed E-state index contributed by atoms with van der Waals surface area (Å²) in [7, 11) is 0. The molecule has 0 aliphatic heterocycles. The highest BCUT2D eigenvalue weighted by atomic mass is 16.5. The van der Waals surface area contributed by atoms with Gasteiger partial charge in [-0.1, -0.05) is 32.0 Å². The van der Waals surface area contributed by atoms with E-state index in [1.807, 2.05) is 13.0 Å². The van der Waals surface area contributed by atoms with Crippen molar-refractivity contribution in [3.05, 3.63) is 59.7 Å². The number of likely N-dealkylation sites (N-methyl/N-ethyl adjacent to an activating group) is 1. The molecule has 0 heterocycles. The van der Waals surface area contributed by atoms with Crippen molar-refractivity contribution < 1.29 is 19.1 Å². The van der Waals surface area contributed by atoms with Crippen LogP contribution in [-0.4, -0.2) is 49.6 Å². The summed E-state index contributed by atoms with van der Waals surface area (Å²) in [6.45, 7) is 9.34. The van der Waals surface area contributed by atoms with E-state index >= 15 is 0 Å². The third kappa shape index (κ3) is 6.09. The van der Waals surface area contributed by atoms with Crippen molar-refractivity contribution in [1.82, 2.24) is 4.90 Å². The minimum absolute atomic E-state index is 0.295. The first-order valence-electron chi connectivity index (χ1n) is 9.61. The number of nitrogens with one attached hydrogen (secondary N) is 1.